The molecule has 7 heteroatoms. The summed E-state index contributed by atoms with van der Waals surface area (Å²) >= 11 is 4.63. The van der Waals surface area contributed by atoms with E-state index >= 15 is 0 Å². The van der Waals surface area contributed by atoms with Crippen LogP contribution in [0.3, 0.4) is 0 Å². The van der Waals surface area contributed by atoms with Crippen LogP contribution in [-0.4, -0.2) is 27.6 Å². The van der Waals surface area contributed by atoms with E-state index in [1.54, 1.807) is 11.8 Å². The fourth-order valence-corrected chi connectivity index (χ4v) is 4.61. The summed E-state index contributed by atoms with van der Waals surface area (Å²) in [5, 5.41) is 11.1. The Morgan fingerprint density at radius 3 is 2.43 bits per heavy atom. The Morgan fingerprint density at radius 2 is 1.83 bits per heavy atom. The maximum absolute atomic E-state index is 12.0. The van der Waals surface area contributed by atoms with Crippen LogP contribution in [0.1, 0.15) is 38.7 Å². The Morgan fingerprint density at radius 1 is 1.17 bits per heavy atom. The molecule has 4 nitrogen and oxygen atoms in total. The first kappa shape index (κ1) is 18.3. The maximum atomic E-state index is 12.0. The van der Waals surface area contributed by atoms with E-state index < -0.39 is 0 Å². The van der Waals surface area contributed by atoms with Gasteiger partial charge in [0.15, 0.2) is 8.68 Å². The van der Waals surface area contributed by atoms with Crippen LogP contribution >= 0.6 is 34.9 Å². The first-order valence-corrected chi connectivity index (χ1v) is 10.4. The number of carbonyl (C=O) groups excluding carboxylic acids is 1. The molecule has 0 spiro atoms. The van der Waals surface area contributed by atoms with E-state index in [0.29, 0.717) is 11.7 Å². The van der Waals surface area contributed by atoms with Gasteiger partial charge in [0.2, 0.25) is 5.91 Å². The lowest BCUT2D eigenvalue weighted by Crippen LogP contribution is -2.13. The van der Waals surface area contributed by atoms with E-state index in [9.17, 15) is 4.79 Å². The van der Waals surface area contributed by atoms with Crippen LogP contribution < -0.4 is 5.32 Å². The molecule has 1 aromatic heterocycles. The van der Waals surface area contributed by atoms with Crippen molar-refractivity contribution in [3.05, 3.63) is 29.8 Å². The highest BCUT2D eigenvalue weighted by atomic mass is 32.2. The van der Waals surface area contributed by atoms with Crippen molar-refractivity contribution in [1.82, 2.24) is 10.2 Å². The van der Waals surface area contributed by atoms with Gasteiger partial charge in [0.05, 0.1) is 5.75 Å². The van der Waals surface area contributed by atoms with Gasteiger partial charge in [0.25, 0.3) is 0 Å². The summed E-state index contributed by atoms with van der Waals surface area (Å²) in [6, 6.07) is 8.09. The van der Waals surface area contributed by atoms with Gasteiger partial charge in [0, 0.05) is 5.69 Å². The van der Waals surface area contributed by atoms with Crippen LogP contribution in [0.25, 0.3) is 0 Å². The molecule has 1 amide bonds. The van der Waals surface area contributed by atoms with Crippen molar-refractivity contribution in [3.63, 3.8) is 0 Å². The summed E-state index contributed by atoms with van der Waals surface area (Å²) < 4.78 is 1.79. The molecule has 23 heavy (non-hydrogen) atoms. The minimum absolute atomic E-state index is 0.0221. The van der Waals surface area contributed by atoms with Gasteiger partial charge in [-0.05, 0) is 35.8 Å². The molecular formula is C16H21N3OS3. The molecule has 124 valence electrons. The third-order valence-corrected chi connectivity index (χ3v) is 6.43. The third kappa shape index (κ3) is 5.82. The van der Waals surface area contributed by atoms with Crippen molar-refractivity contribution in [1.29, 1.82) is 0 Å². The molecule has 0 saturated heterocycles. The Bertz CT molecular complexity index is 628. The minimum Gasteiger partial charge on any atom is -0.325 e. The number of hydrogen-bond acceptors (Lipinski definition) is 6. The zero-order valence-electron chi connectivity index (χ0n) is 13.5. The number of aromatic nitrogens is 2. The molecule has 0 aliphatic heterocycles. The fourth-order valence-electron chi connectivity index (χ4n) is 1.89. The first-order chi connectivity index (χ1) is 11.1. The van der Waals surface area contributed by atoms with Gasteiger partial charge in [-0.15, -0.1) is 10.2 Å². The molecule has 1 atom stereocenters. The molecule has 1 unspecified atom stereocenters. The van der Waals surface area contributed by atoms with Crippen molar-refractivity contribution in [3.8, 4) is 0 Å². The predicted molar refractivity (Wildman–Crippen MR) is 101 cm³/mol. The van der Waals surface area contributed by atoms with Crippen LogP contribution in [0, 0.1) is 0 Å². The molecule has 0 fully saturated rings. The number of nitrogens with zero attached hydrogens (tertiary/aromatic N) is 2. The molecule has 1 N–H and O–H groups in total. The molecule has 1 aromatic carbocycles. The number of anilines is 1. The van der Waals surface area contributed by atoms with E-state index in [4.69, 9.17) is 0 Å². The van der Waals surface area contributed by atoms with E-state index in [-0.39, 0.29) is 5.91 Å². The highest BCUT2D eigenvalue weighted by Crippen LogP contribution is 2.28. The summed E-state index contributed by atoms with van der Waals surface area (Å²) in [5.74, 6) is 1.85. The average Bonchev–Trinajstić information content (AvgIpc) is 3.01. The zero-order valence-corrected chi connectivity index (χ0v) is 16.0. The molecular weight excluding hydrogens is 346 g/mol. The minimum atomic E-state index is -0.0221. The summed E-state index contributed by atoms with van der Waals surface area (Å²) in [6.07, 6.45) is 1.11. The second kappa shape index (κ2) is 9.30. The highest BCUT2D eigenvalue weighted by molar-refractivity contribution is 8.03. The van der Waals surface area contributed by atoms with E-state index in [0.717, 1.165) is 26.5 Å². The van der Waals surface area contributed by atoms with Crippen molar-refractivity contribution in [2.45, 2.75) is 41.8 Å². The van der Waals surface area contributed by atoms with E-state index in [1.807, 2.05) is 12.1 Å². The Labute approximate surface area is 149 Å². The number of benzene rings is 1. The van der Waals surface area contributed by atoms with Crippen molar-refractivity contribution >= 4 is 46.5 Å². The Hall–Kier alpha value is -1.05. The van der Waals surface area contributed by atoms with Gasteiger partial charge in [-0.25, -0.2) is 0 Å². The smallest absolute Gasteiger partial charge is 0.234 e. The lowest BCUT2D eigenvalue weighted by molar-refractivity contribution is -0.113. The van der Waals surface area contributed by atoms with Gasteiger partial charge >= 0.3 is 0 Å². The number of rotatable bonds is 8. The molecule has 0 radical (unpaired) electrons. The highest BCUT2D eigenvalue weighted by Gasteiger charge is 2.09. The quantitative estimate of drug-likeness (QED) is 0.673. The number of thioether (sulfide) groups is 2. The largest absolute Gasteiger partial charge is 0.325 e. The molecule has 0 aliphatic carbocycles. The van der Waals surface area contributed by atoms with Crippen LogP contribution in [0.15, 0.2) is 32.9 Å². The van der Waals surface area contributed by atoms with Crippen LogP contribution in [0.5, 0.6) is 0 Å². The van der Waals surface area contributed by atoms with Gasteiger partial charge in [-0.1, -0.05) is 67.8 Å². The number of carbonyl (C=O) groups is 1. The number of nitrogens with one attached hydrogen (secondary N) is 1. The zero-order chi connectivity index (χ0) is 16.7. The Balaban J connectivity index is 1.82. The monoisotopic (exact) mass is 367 g/mol. The second-order valence-corrected chi connectivity index (χ2v) is 8.75. The Kier molecular flexibility index (Phi) is 7.39. The summed E-state index contributed by atoms with van der Waals surface area (Å²) in [4.78, 5) is 12.0. The van der Waals surface area contributed by atoms with E-state index in [1.165, 1.54) is 28.7 Å². The normalized spacial score (nSPS) is 12.1. The number of hydrogen-bond donors (Lipinski definition) is 1. The number of amides is 1. The molecule has 2 aromatic rings. The van der Waals surface area contributed by atoms with Crippen molar-refractivity contribution in [2.75, 3.05) is 16.8 Å². The SMILES string of the molecule is CCSc1nnc(SCC(=O)Nc2ccc(C(C)CC)cc2)s1. The topological polar surface area (TPSA) is 54.9 Å². The van der Waals surface area contributed by atoms with Crippen molar-refractivity contribution < 1.29 is 4.79 Å². The molecule has 0 aliphatic rings. The van der Waals surface area contributed by atoms with Crippen LogP contribution in [-0.2, 0) is 4.79 Å². The van der Waals surface area contributed by atoms with Gasteiger partial charge in [-0.3, -0.25) is 4.79 Å². The molecule has 1 heterocycles. The summed E-state index contributed by atoms with van der Waals surface area (Å²) in [5.41, 5.74) is 2.14. The predicted octanol–water partition coefficient (Wildman–Crippen LogP) is 4.89. The van der Waals surface area contributed by atoms with Crippen LogP contribution in [0.4, 0.5) is 5.69 Å². The lowest BCUT2D eigenvalue weighted by atomic mass is 9.99. The third-order valence-electron chi connectivity index (χ3n) is 3.36. The van der Waals surface area contributed by atoms with Gasteiger partial charge < -0.3 is 5.32 Å². The van der Waals surface area contributed by atoms with Crippen molar-refractivity contribution in [2.24, 2.45) is 0 Å². The molecule has 0 saturated carbocycles. The van der Waals surface area contributed by atoms with Gasteiger partial charge in [0.1, 0.15) is 0 Å². The summed E-state index contributed by atoms with van der Waals surface area (Å²) in [6.45, 7) is 6.46. The first-order valence-electron chi connectivity index (χ1n) is 7.61. The van der Waals surface area contributed by atoms with Gasteiger partial charge in [-0.2, -0.15) is 0 Å². The molecule has 0 bridgehead atoms. The average molecular weight is 368 g/mol. The van der Waals surface area contributed by atoms with E-state index in [2.05, 4.69) is 48.4 Å². The second-order valence-electron chi connectivity index (χ2n) is 5.04. The fraction of sp³-hybridized carbons (Fsp3) is 0.438. The van der Waals surface area contributed by atoms with Crippen LogP contribution in [0.2, 0.25) is 0 Å². The molecule has 2 rings (SSSR count). The maximum Gasteiger partial charge on any atom is 0.234 e. The summed E-state index contributed by atoms with van der Waals surface area (Å²) in [7, 11) is 0. The standard InChI is InChI=1S/C16H21N3OS3/c1-4-11(3)12-6-8-13(9-7-12)17-14(20)10-22-16-19-18-15(23-16)21-5-2/h6-9,11H,4-5,10H2,1-3H3,(H,17,20). The lowest BCUT2D eigenvalue weighted by Gasteiger charge is -2.10.